The van der Waals surface area contributed by atoms with Crippen molar-refractivity contribution in [2.24, 2.45) is 0 Å². The van der Waals surface area contributed by atoms with Crippen LogP contribution in [0.25, 0.3) is 11.1 Å². The van der Waals surface area contributed by atoms with E-state index in [1.807, 2.05) is 48.5 Å². The lowest BCUT2D eigenvalue weighted by Gasteiger charge is -2.36. The van der Waals surface area contributed by atoms with Crippen LogP contribution in [0, 0.1) is 0 Å². The van der Waals surface area contributed by atoms with Gasteiger partial charge in [-0.05, 0) is 34.7 Å². The molecule has 39 heavy (non-hydrogen) atoms. The highest BCUT2D eigenvalue weighted by Gasteiger charge is 2.59. The van der Waals surface area contributed by atoms with Crippen LogP contribution in [0.5, 0.6) is 0 Å². The van der Waals surface area contributed by atoms with Crippen LogP contribution in [0.4, 0.5) is 18.0 Å². The molecule has 0 radical (unpaired) electrons. The molecule has 204 valence electrons. The number of carboxylic acids is 1. The zero-order valence-electron chi connectivity index (χ0n) is 21.1. The molecule has 3 aromatic rings. The van der Waals surface area contributed by atoms with Crippen LogP contribution < -0.4 is 5.32 Å². The van der Waals surface area contributed by atoms with E-state index in [4.69, 9.17) is 9.84 Å². The number of ether oxygens (including phenoxy) is 1. The van der Waals surface area contributed by atoms with E-state index in [2.05, 4.69) is 0 Å². The standard InChI is InChI=1S/C29H27F3N2O5/c1-28(29(30,31)32,26(37)34(16-15-25(35)36)17-19-9-3-2-4-10-19)33-27(38)39-18-24-22-13-7-5-11-20(22)21-12-6-8-14-23(21)24/h2-14,24H,15-18H2,1H3,(H,33,38)(H,35,36). The van der Waals surface area contributed by atoms with E-state index >= 15 is 0 Å². The molecule has 0 saturated carbocycles. The molecule has 3 aromatic carbocycles. The Kier molecular flexibility index (Phi) is 7.94. The number of alkyl halides is 3. The smallest absolute Gasteiger partial charge is 0.420 e. The lowest BCUT2D eigenvalue weighted by Crippen LogP contribution is -2.66. The zero-order valence-corrected chi connectivity index (χ0v) is 21.1. The minimum absolute atomic E-state index is 0.241. The van der Waals surface area contributed by atoms with E-state index < -0.39 is 42.7 Å². The summed E-state index contributed by atoms with van der Waals surface area (Å²) in [5.41, 5.74) is 0.803. The highest BCUT2D eigenvalue weighted by molar-refractivity contribution is 5.91. The number of carbonyl (C=O) groups excluding carboxylic acids is 2. The number of hydrogen-bond acceptors (Lipinski definition) is 4. The van der Waals surface area contributed by atoms with Gasteiger partial charge in [0.15, 0.2) is 0 Å². The van der Waals surface area contributed by atoms with Gasteiger partial charge in [0, 0.05) is 19.0 Å². The van der Waals surface area contributed by atoms with Gasteiger partial charge in [0.2, 0.25) is 5.54 Å². The van der Waals surface area contributed by atoms with Gasteiger partial charge in [0.25, 0.3) is 5.91 Å². The van der Waals surface area contributed by atoms with E-state index in [1.54, 1.807) is 35.6 Å². The Bertz CT molecular complexity index is 1320. The molecule has 0 fully saturated rings. The molecule has 1 aliphatic carbocycles. The van der Waals surface area contributed by atoms with E-state index in [0.29, 0.717) is 12.5 Å². The minimum Gasteiger partial charge on any atom is -0.481 e. The largest absolute Gasteiger partial charge is 0.481 e. The molecule has 0 bridgehead atoms. The number of alkyl carbamates (subject to hydrolysis) is 1. The highest BCUT2D eigenvalue weighted by Crippen LogP contribution is 2.44. The average molecular weight is 541 g/mol. The van der Waals surface area contributed by atoms with E-state index in [1.165, 1.54) is 0 Å². The number of amides is 2. The quantitative estimate of drug-likeness (QED) is 0.382. The van der Waals surface area contributed by atoms with Gasteiger partial charge in [0.05, 0.1) is 6.42 Å². The molecule has 0 aromatic heterocycles. The van der Waals surface area contributed by atoms with Crippen LogP contribution in [-0.2, 0) is 20.9 Å². The third-order valence-corrected chi connectivity index (χ3v) is 6.79. The van der Waals surface area contributed by atoms with Gasteiger partial charge in [-0.1, -0.05) is 78.9 Å². The number of nitrogens with zero attached hydrogens (tertiary/aromatic N) is 1. The molecule has 1 atom stereocenters. The molecule has 1 unspecified atom stereocenters. The van der Waals surface area contributed by atoms with Crippen molar-refractivity contribution in [2.75, 3.05) is 13.2 Å². The van der Waals surface area contributed by atoms with Crippen molar-refractivity contribution in [2.45, 2.75) is 37.5 Å². The first-order valence-electron chi connectivity index (χ1n) is 12.3. The summed E-state index contributed by atoms with van der Waals surface area (Å²) in [4.78, 5) is 38.0. The van der Waals surface area contributed by atoms with Gasteiger partial charge in [-0.15, -0.1) is 0 Å². The number of benzene rings is 3. The molecule has 0 saturated heterocycles. The van der Waals surface area contributed by atoms with E-state index in [-0.39, 0.29) is 19.1 Å². The van der Waals surface area contributed by atoms with Crippen molar-refractivity contribution < 1.29 is 37.4 Å². The highest BCUT2D eigenvalue weighted by atomic mass is 19.4. The third-order valence-electron chi connectivity index (χ3n) is 6.79. The summed E-state index contributed by atoms with van der Waals surface area (Å²) in [7, 11) is 0. The molecular formula is C29H27F3N2O5. The molecule has 2 N–H and O–H groups in total. The first-order valence-corrected chi connectivity index (χ1v) is 12.3. The normalized spacial score (nSPS) is 14.1. The Morgan fingerprint density at radius 2 is 1.44 bits per heavy atom. The third kappa shape index (κ3) is 5.89. The first kappa shape index (κ1) is 27.7. The summed E-state index contributed by atoms with van der Waals surface area (Å²) in [6, 6.07) is 23.2. The summed E-state index contributed by atoms with van der Waals surface area (Å²) >= 11 is 0. The maximum atomic E-state index is 14.3. The van der Waals surface area contributed by atoms with Gasteiger partial charge in [-0.25, -0.2) is 4.79 Å². The number of aliphatic carboxylic acids is 1. The van der Waals surface area contributed by atoms with Crippen molar-refractivity contribution in [3.8, 4) is 11.1 Å². The number of nitrogens with one attached hydrogen (secondary N) is 1. The summed E-state index contributed by atoms with van der Waals surface area (Å²) in [5.74, 6) is -3.16. The van der Waals surface area contributed by atoms with Gasteiger partial charge >= 0.3 is 18.2 Å². The summed E-state index contributed by atoms with van der Waals surface area (Å²) in [6.45, 7) is -0.448. The second kappa shape index (κ2) is 11.2. The second-order valence-corrected chi connectivity index (χ2v) is 9.43. The Morgan fingerprint density at radius 3 is 1.97 bits per heavy atom. The fraction of sp³-hybridized carbons (Fsp3) is 0.276. The summed E-state index contributed by atoms with van der Waals surface area (Å²) < 4.78 is 48.2. The maximum absolute atomic E-state index is 14.3. The SMILES string of the molecule is CC(NC(=O)OCC1c2ccccc2-c2ccccc21)(C(=O)N(CCC(=O)O)Cc1ccccc1)C(F)(F)F. The molecular weight excluding hydrogens is 513 g/mol. The van der Waals surface area contributed by atoms with Gasteiger partial charge in [0.1, 0.15) is 6.61 Å². The Hall–Kier alpha value is -4.34. The average Bonchev–Trinajstić information content (AvgIpc) is 3.23. The number of hydrogen-bond donors (Lipinski definition) is 2. The summed E-state index contributed by atoms with van der Waals surface area (Å²) in [5, 5.41) is 10.8. The molecule has 10 heteroatoms. The molecule has 4 rings (SSSR count). The number of rotatable bonds is 9. The topological polar surface area (TPSA) is 95.9 Å². The number of halogens is 3. The Balaban J connectivity index is 1.53. The van der Waals surface area contributed by atoms with Crippen molar-refractivity contribution in [1.82, 2.24) is 10.2 Å². The Morgan fingerprint density at radius 1 is 0.897 bits per heavy atom. The molecule has 2 amide bonds. The van der Waals surface area contributed by atoms with Crippen molar-refractivity contribution in [1.29, 1.82) is 0 Å². The fourth-order valence-electron chi connectivity index (χ4n) is 4.69. The fourth-order valence-corrected chi connectivity index (χ4v) is 4.69. The molecule has 0 aliphatic heterocycles. The second-order valence-electron chi connectivity index (χ2n) is 9.43. The van der Waals surface area contributed by atoms with Crippen LogP contribution in [0.15, 0.2) is 78.9 Å². The molecule has 0 heterocycles. The number of carbonyl (C=O) groups is 3. The van der Waals surface area contributed by atoms with Crippen LogP contribution >= 0.6 is 0 Å². The predicted molar refractivity (Wildman–Crippen MR) is 137 cm³/mol. The van der Waals surface area contributed by atoms with Crippen LogP contribution in [0.2, 0.25) is 0 Å². The molecule has 7 nitrogen and oxygen atoms in total. The number of fused-ring (bicyclic) bond motifs is 3. The lowest BCUT2D eigenvalue weighted by atomic mass is 9.98. The van der Waals surface area contributed by atoms with Gasteiger partial charge < -0.3 is 14.7 Å². The van der Waals surface area contributed by atoms with E-state index in [0.717, 1.165) is 27.2 Å². The van der Waals surface area contributed by atoms with Crippen LogP contribution in [0.1, 0.15) is 36.0 Å². The van der Waals surface area contributed by atoms with Gasteiger partial charge in [-0.3, -0.25) is 14.9 Å². The minimum atomic E-state index is -5.20. The first-order chi connectivity index (χ1) is 18.5. The maximum Gasteiger partial charge on any atom is 0.420 e. The van der Waals surface area contributed by atoms with Crippen LogP contribution in [-0.4, -0.2) is 52.8 Å². The summed E-state index contributed by atoms with van der Waals surface area (Å²) in [6.07, 6.45) is -7.19. The molecule has 1 aliphatic rings. The van der Waals surface area contributed by atoms with Gasteiger partial charge in [-0.2, -0.15) is 13.2 Å². The van der Waals surface area contributed by atoms with E-state index in [9.17, 15) is 27.6 Å². The predicted octanol–water partition coefficient (Wildman–Crippen LogP) is 5.35. The van der Waals surface area contributed by atoms with Crippen molar-refractivity contribution >= 4 is 18.0 Å². The van der Waals surface area contributed by atoms with Crippen molar-refractivity contribution in [3.05, 3.63) is 95.6 Å². The van der Waals surface area contributed by atoms with Crippen LogP contribution in [0.3, 0.4) is 0 Å². The Labute approximate surface area is 223 Å². The zero-order chi connectivity index (χ0) is 28.2. The number of carboxylic acid groups (broad SMARTS) is 1. The molecule has 0 spiro atoms. The monoisotopic (exact) mass is 540 g/mol. The van der Waals surface area contributed by atoms with Crippen molar-refractivity contribution in [3.63, 3.8) is 0 Å². The lowest BCUT2D eigenvalue weighted by molar-refractivity contribution is -0.200.